The number of allylic oxidation sites excluding steroid dienone is 3. The summed E-state index contributed by atoms with van der Waals surface area (Å²) >= 11 is 5.50. The van der Waals surface area contributed by atoms with Crippen LogP contribution in [0.3, 0.4) is 0 Å². The molecule has 0 aliphatic rings. The van der Waals surface area contributed by atoms with Gasteiger partial charge in [0.2, 0.25) is 11.9 Å². The normalized spacial score (nSPS) is 12.0. The molecule has 26 heavy (non-hydrogen) atoms. The minimum atomic E-state index is -0.639. The van der Waals surface area contributed by atoms with Crippen LogP contribution in [0.25, 0.3) is 0 Å². The first-order valence-electron chi connectivity index (χ1n) is 7.99. The lowest BCUT2D eigenvalue weighted by Crippen LogP contribution is -2.28. The Morgan fingerprint density at radius 2 is 2.27 bits per heavy atom. The van der Waals surface area contributed by atoms with Crippen LogP contribution in [0.1, 0.15) is 5.56 Å². The highest BCUT2D eigenvalue weighted by atomic mass is 35.5. The predicted octanol–water partition coefficient (Wildman–Crippen LogP) is 2.10. The van der Waals surface area contributed by atoms with E-state index in [4.69, 9.17) is 11.6 Å². The van der Waals surface area contributed by atoms with E-state index in [9.17, 15) is 9.18 Å². The SMILES string of the molecule is CNc1ncc(C)c(N(C)C=NCC(=O)NC/C(=C/C=C\CCl)CF)n1. The predicted molar refractivity (Wildman–Crippen MR) is 105 cm³/mol. The number of anilines is 2. The highest BCUT2D eigenvalue weighted by Gasteiger charge is 2.07. The molecule has 1 aromatic heterocycles. The minimum absolute atomic E-state index is 0.0650. The second-order valence-electron chi connectivity index (χ2n) is 5.34. The Bertz CT molecular complexity index is 677. The lowest BCUT2D eigenvalue weighted by Gasteiger charge is -2.15. The van der Waals surface area contributed by atoms with Crippen molar-refractivity contribution in [2.24, 2.45) is 4.99 Å². The Balaban J connectivity index is 2.53. The molecule has 0 spiro atoms. The number of nitrogens with one attached hydrogen (secondary N) is 2. The molecule has 0 saturated heterocycles. The number of nitrogens with zero attached hydrogens (tertiary/aromatic N) is 4. The van der Waals surface area contributed by atoms with Gasteiger partial charge in [-0.15, -0.1) is 11.6 Å². The average molecular weight is 383 g/mol. The quantitative estimate of drug-likeness (QED) is 0.280. The van der Waals surface area contributed by atoms with E-state index in [-0.39, 0.29) is 19.0 Å². The van der Waals surface area contributed by atoms with Gasteiger partial charge in [0.25, 0.3) is 0 Å². The fraction of sp³-hybridized carbons (Fsp3) is 0.412. The third-order valence-corrected chi connectivity index (χ3v) is 3.41. The standard InChI is InChI=1S/C17H24ClFN6O/c1-13-9-23-17(20-2)24-16(13)25(3)12-21-11-15(26)22-10-14(8-19)6-4-5-7-18/h4-6,9,12H,7-8,10-11H2,1-3H3,(H,22,26)(H,20,23,24)/b5-4-,14-6+,21-12?. The third-order valence-electron chi connectivity index (χ3n) is 3.23. The van der Waals surface area contributed by atoms with Gasteiger partial charge in [0.05, 0.1) is 6.34 Å². The summed E-state index contributed by atoms with van der Waals surface area (Å²) in [5.74, 6) is 1.23. The summed E-state index contributed by atoms with van der Waals surface area (Å²) in [5.41, 5.74) is 1.34. The van der Waals surface area contributed by atoms with E-state index in [1.54, 1.807) is 43.4 Å². The molecule has 0 saturated carbocycles. The highest BCUT2D eigenvalue weighted by Crippen LogP contribution is 2.15. The van der Waals surface area contributed by atoms with Gasteiger partial charge in [-0.1, -0.05) is 18.2 Å². The van der Waals surface area contributed by atoms with Crippen LogP contribution >= 0.6 is 11.6 Å². The van der Waals surface area contributed by atoms with Gasteiger partial charge < -0.3 is 15.5 Å². The van der Waals surface area contributed by atoms with Crippen LogP contribution in [-0.4, -0.2) is 62.0 Å². The number of amides is 1. The fourth-order valence-corrected chi connectivity index (χ4v) is 1.99. The molecule has 1 aromatic rings. The summed E-state index contributed by atoms with van der Waals surface area (Å²) in [6, 6.07) is 0. The molecular formula is C17H24ClFN6O. The first-order valence-corrected chi connectivity index (χ1v) is 8.52. The van der Waals surface area contributed by atoms with Crippen LogP contribution in [0.2, 0.25) is 0 Å². The molecule has 9 heteroatoms. The van der Waals surface area contributed by atoms with Crippen molar-refractivity contribution in [3.8, 4) is 0 Å². The maximum atomic E-state index is 12.8. The monoisotopic (exact) mass is 382 g/mol. The van der Waals surface area contributed by atoms with E-state index in [1.165, 1.54) is 6.34 Å². The molecule has 2 N–H and O–H groups in total. The summed E-state index contributed by atoms with van der Waals surface area (Å²) in [7, 11) is 3.52. The van der Waals surface area contributed by atoms with E-state index in [0.717, 1.165) is 5.56 Å². The van der Waals surface area contributed by atoms with Crippen molar-refractivity contribution in [1.82, 2.24) is 15.3 Å². The molecule has 7 nitrogen and oxygen atoms in total. The number of hydrogen-bond donors (Lipinski definition) is 2. The molecule has 0 aromatic carbocycles. The molecule has 1 heterocycles. The van der Waals surface area contributed by atoms with Crippen molar-refractivity contribution in [2.45, 2.75) is 6.92 Å². The molecule has 1 amide bonds. The van der Waals surface area contributed by atoms with Gasteiger partial charge in [0.15, 0.2) is 0 Å². The number of carbonyl (C=O) groups is 1. The number of aryl methyl sites for hydroxylation is 1. The smallest absolute Gasteiger partial charge is 0.241 e. The van der Waals surface area contributed by atoms with Crippen molar-refractivity contribution in [1.29, 1.82) is 0 Å². The van der Waals surface area contributed by atoms with Crippen molar-refractivity contribution in [3.63, 3.8) is 0 Å². The van der Waals surface area contributed by atoms with Gasteiger partial charge in [-0.2, -0.15) is 4.98 Å². The second kappa shape index (κ2) is 12.0. The van der Waals surface area contributed by atoms with Crippen LogP contribution < -0.4 is 15.5 Å². The van der Waals surface area contributed by atoms with Gasteiger partial charge >= 0.3 is 0 Å². The zero-order valence-electron chi connectivity index (χ0n) is 15.2. The van der Waals surface area contributed by atoms with E-state index < -0.39 is 6.67 Å². The Morgan fingerprint density at radius 1 is 1.50 bits per heavy atom. The molecule has 0 atom stereocenters. The molecule has 0 aliphatic carbocycles. The first-order chi connectivity index (χ1) is 12.5. The van der Waals surface area contributed by atoms with Crippen molar-refractivity contribution < 1.29 is 9.18 Å². The second-order valence-corrected chi connectivity index (χ2v) is 5.64. The summed E-state index contributed by atoms with van der Waals surface area (Å²) in [6.45, 7) is 1.31. The topological polar surface area (TPSA) is 82.5 Å². The van der Waals surface area contributed by atoms with Gasteiger partial charge in [-0.05, 0) is 12.5 Å². The number of aliphatic imine (C=N–C) groups is 1. The molecule has 0 fully saturated rings. The Hall–Kier alpha value is -2.48. The maximum absolute atomic E-state index is 12.8. The van der Waals surface area contributed by atoms with Crippen LogP contribution in [0, 0.1) is 6.92 Å². The van der Waals surface area contributed by atoms with E-state index in [2.05, 4.69) is 25.6 Å². The zero-order valence-corrected chi connectivity index (χ0v) is 15.9. The lowest BCUT2D eigenvalue weighted by atomic mass is 10.2. The summed E-state index contributed by atoms with van der Waals surface area (Å²) in [5, 5.41) is 5.49. The van der Waals surface area contributed by atoms with E-state index >= 15 is 0 Å². The molecule has 0 unspecified atom stereocenters. The third kappa shape index (κ3) is 7.60. The molecule has 1 rings (SSSR count). The minimum Gasteiger partial charge on any atom is -0.357 e. The van der Waals surface area contributed by atoms with Crippen molar-refractivity contribution in [2.75, 3.05) is 50.0 Å². The van der Waals surface area contributed by atoms with Gasteiger partial charge in [0, 0.05) is 38.3 Å². The van der Waals surface area contributed by atoms with Gasteiger partial charge in [-0.25, -0.2) is 9.37 Å². The maximum Gasteiger partial charge on any atom is 0.241 e. The molecule has 0 bridgehead atoms. The number of hydrogen-bond acceptors (Lipinski definition) is 5. The lowest BCUT2D eigenvalue weighted by molar-refractivity contribution is -0.119. The first kappa shape index (κ1) is 21.6. The van der Waals surface area contributed by atoms with Crippen molar-refractivity contribution >= 4 is 35.6 Å². The number of halogens is 2. The molecular weight excluding hydrogens is 359 g/mol. The zero-order chi connectivity index (χ0) is 19.4. The largest absolute Gasteiger partial charge is 0.357 e. The highest BCUT2D eigenvalue weighted by molar-refractivity contribution is 6.18. The van der Waals surface area contributed by atoms with E-state index in [0.29, 0.717) is 23.2 Å². The summed E-state index contributed by atoms with van der Waals surface area (Å²) in [4.78, 5) is 26.1. The van der Waals surface area contributed by atoms with Gasteiger partial charge in [-0.3, -0.25) is 9.79 Å². The molecule has 142 valence electrons. The van der Waals surface area contributed by atoms with Crippen LogP contribution in [0.15, 0.2) is 35.0 Å². The Morgan fingerprint density at radius 3 is 2.92 bits per heavy atom. The number of carbonyl (C=O) groups excluding carboxylic acids is 1. The molecule has 0 radical (unpaired) electrons. The van der Waals surface area contributed by atoms with E-state index in [1.807, 2.05) is 6.92 Å². The van der Waals surface area contributed by atoms with Crippen LogP contribution in [0.4, 0.5) is 16.2 Å². The summed E-state index contributed by atoms with van der Waals surface area (Å²) < 4.78 is 12.8. The molecule has 0 aliphatic heterocycles. The Labute approximate surface area is 158 Å². The Kier molecular flexibility index (Phi) is 9.93. The van der Waals surface area contributed by atoms with Crippen molar-refractivity contribution in [3.05, 3.63) is 35.6 Å². The number of aromatic nitrogens is 2. The average Bonchev–Trinajstić information content (AvgIpc) is 2.64. The van der Waals surface area contributed by atoms with Gasteiger partial charge in [0.1, 0.15) is 19.0 Å². The summed E-state index contributed by atoms with van der Waals surface area (Å²) in [6.07, 6.45) is 8.16. The number of alkyl halides is 2. The number of rotatable bonds is 10. The van der Waals surface area contributed by atoms with Crippen LogP contribution in [-0.2, 0) is 4.79 Å². The van der Waals surface area contributed by atoms with Crippen LogP contribution in [0.5, 0.6) is 0 Å². The fourth-order valence-electron chi connectivity index (χ4n) is 1.89.